The maximum Gasteiger partial charge on any atom is 0.335 e. The third-order valence-corrected chi connectivity index (χ3v) is 7.61. The molecule has 0 saturated heterocycles. The number of hydrogen-bond donors (Lipinski definition) is 1. The molecule has 1 aromatic carbocycles. The van der Waals surface area contributed by atoms with Crippen molar-refractivity contribution in [2.24, 2.45) is 0 Å². The van der Waals surface area contributed by atoms with E-state index in [9.17, 15) is 22.8 Å². The van der Waals surface area contributed by atoms with E-state index in [0.29, 0.717) is 51.4 Å². The summed E-state index contributed by atoms with van der Waals surface area (Å²) in [6.07, 6.45) is 8.32. The van der Waals surface area contributed by atoms with Gasteiger partial charge in [-0.25, -0.2) is 13.2 Å². The standard InChI is InChI=1S/C28H44O9S/c1-35-20-21-36-18-9-12-25(29)13-10-22-38(33,34)23-26(30)11-7-5-3-2-4-6-8-19-37-27-16-14-24(15-17-27)28(31)32/h14-17H,2-13,18-23H2,1H3,(H,31,32). The Bertz CT molecular complexity index is 911. The highest BCUT2D eigenvalue weighted by molar-refractivity contribution is 7.92. The van der Waals surface area contributed by atoms with Crippen molar-refractivity contribution in [1.29, 1.82) is 0 Å². The van der Waals surface area contributed by atoms with E-state index in [1.807, 2.05) is 0 Å². The van der Waals surface area contributed by atoms with Gasteiger partial charge in [-0.2, -0.15) is 0 Å². The van der Waals surface area contributed by atoms with Gasteiger partial charge >= 0.3 is 5.97 Å². The minimum absolute atomic E-state index is 0.0154. The summed E-state index contributed by atoms with van der Waals surface area (Å²) in [6.45, 7) is 2.06. The number of carboxylic acids is 1. The first-order chi connectivity index (χ1) is 18.2. The fourth-order valence-electron chi connectivity index (χ4n) is 3.81. The van der Waals surface area contributed by atoms with E-state index < -0.39 is 21.6 Å². The van der Waals surface area contributed by atoms with Gasteiger partial charge in [0, 0.05) is 33.0 Å². The number of ketones is 2. The van der Waals surface area contributed by atoms with Crippen LogP contribution in [0.4, 0.5) is 0 Å². The van der Waals surface area contributed by atoms with Gasteiger partial charge in [-0.15, -0.1) is 0 Å². The summed E-state index contributed by atoms with van der Waals surface area (Å²) in [5, 5.41) is 8.89. The van der Waals surface area contributed by atoms with Crippen LogP contribution in [0, 0.1) is 0 Å². The number of sulfone groups is 1. The van der Waals surface area contributed by atoms with E-state index in [4.69, 9.17) is 19.3 Å². The van der Waals surface area contributed by atoms with Gasteiger partial charge in [0.05, 0.1) is 31.1 Å². The summed E-state index contributed by atoms with van der Waals surface area (Å²) in [7, 11) is -1.88. The number of carboxylic acid groups (broad SMARTS) is 1. The third-order valence-electron chi connectivity index (χ3n) is 5.94. The highest BCUT2D eigenvalue weighted by Gasteiger charge is 2.17. The van der Waals surface area contributed by atoms with E-state index in [2.05, 4.69) is 0 Å². The van der Waals surface area contributed by atoms with Crippen LogP contribution in [0.5, 0.6) is 5.75 Å². The Labute approximate surface area is 227 Å². The zero-order valence-corrected chi connectivity index (χ0v) is 23.5. The Hall–Kier alpha value is -2.30. The smallest absolute Gasteiger partial charge is 0.335 e. The van der Waals surface area contributed by atoms with Gasteiger partial charge in [-0.1, -0.05) is 32.1 Å². The molecule has 0 unspecified atom stereocenters. The quantitative estimate of drug-likeness (QED) is 0.171. The topological polar surface area (TPSA) is 133 Å². The van der Waals surface area contributed by atoms with E-state index in [1.165, 1.54) is 12.1 Å². The number of methoxy groups -OCH3 is 1. The second kappa shape index (κ2) is 20.6. The average molecular weight is 557 g/mol. The molecule has 38 heavy (non-hydrogen) atoms. The number of rotatable bonds is 25. The van der Waals surface area contributed by atoms with Crippen LogP contribution >= 0.6 is 0 Å². The van der Waals surface area contributed by atoms with Gasteiger partial charge in [0.15, 0.2) is 9.84 Å². The highest BCUT2D eigenvalue weighted by atomic mass is 32.2. The molecule has 1 aromatic rings. The summed E-state index contributed by atoms with van der Waals surface area (Å²) < 4.78 is 40.1. The molecule has 0 aliphatic rings. The maximum atomic E-state index is 12.2. The Kier molecular flexibility index (Phi) is 18.3. The van der Waals surface area contributed by atoms with Crippen LogP contribution in [-0.4, -0.2) is 76.1 Å². The summed E-state index contributed by atoms with van der Waals surface area (Å²) in [5.74, 6) is -1.11. The van der Waals surface area contributed by atoms with E-state index in [1.54, 1.807) is 19.2 Å². The molecule has 0 aromatic heterocycles. The van der Waals surface area contributed by atoms with E-state index >= 15 is 0 Å². The minimum atomic E-state index is -3.48. The number of carbonyl (C=O) groups is 3. The van der Waals surface area contributed by atoms with Crippen molar-refractivity contribution >= 4 is 27.4 Å². The average Bonchev–Trinajstić information content (AvgIpc) is 2.87. The first-order valence-electron chi connectivity index (χ1n) is 13.5. The molecule has 0 amide bonds. The SMILES string of the molecule is COCCOCCCC(=O)CCCS(=O)(=O)CC(=O)CCCCCCCCCOc1ccc(C(=O)O)cc1. The molecule has 0 spiro atoms. The Morgan fingerprint density at radius 3 is 1.97 bits per heavy atom. The number of aromatic carboxylic acids is 1. The molecular weight excluding hydrogens is 512 g/mol. The molecule has 1 rings (SSSR count). The molecule has 0 atom stereocenters. The number of carbonyl (C=O) groups excluding carboxylic acids is 2. The van der Waals surface area contributed by atoms with Crippen molar-refractivity contribution < 1.29 is 42.1 Å². The van der Waals surface area contributed by atoms with Crippen LogP contribution in [0.1, 0.15) is 87.4 Å². The van der Waals surface area contributed by atoms with Crippen molar-refractivity contribution in [2.45, 2.75) is 77.0 Å². The summed E-state index contributed by atoms with van der Waals surface area (Å²) in [4.78, 5) is 34.8. The maximum absolute atomic E-state index is 12.2. The number of hydrogen-bond acceptors (Lipinski definition) is 8. The molecule has 0 saturated carbocycles. The van der Waals surface area contributed by atoms with Crippen molar-refractivity contribution in [1.82, 2.24) is 0 Å². The van der Waals surface area contributed by atoms with Crippen LogP contribution in [-0.2, 0) is 28.9 Å². The first-order valence-corrected chi connectivity index (χ1v) is 15.3. The van der Waals surface area contributed by atoms with Crippen LogP contribution in [0.15, 0.2) is 24.3 Å². The normalized spacial score (nSPS) is 11.4. The Balaban J connectivity index is 1.98. The fourth-order valence-corrected chi connectivity index (χ4v) is 5.17. The molecule has 0 heterocycles. The molecule has 0 radical (unpaired) electrons. The van der Waals surface area contributed by atoms with E-state index in [0.717, 1.165) is 38.5 Å². The number of benzene rings is 1. The van der Waals surface area contributed by atoms with Gasteiger partial charge in [0.1, 0.15) is 23.1 Å². The molecule has 216 valence electrons. The largest absolute Gasteiger partial charge is 0.494 e. The van der Waals surface area contributed by atoms with Crippen LogP contribution in [0.2, 0.25) is 0 Å². The lowest BCUT2D eigenvalue weighted by molar-refractivity contribution is -0.119. The third kappa shape index (κ3) is 18.0. The molecule has 10 heteroatoms. The molecule has 0 aliphatic carbocycles. The fraction of sp³-hybridized carbons (Fsp3) is 0.679. The first kappa shape index (κ1) is 33.7. The molecular formula is C28H44O9S. The monoisotopic (exact) mass is 556 g/mol. The predicted octanol–water partition coefficient (Wildman–Crippen LogP) is 4.66. The summed E-state index contributed by atoms with van der Waals surface area (Å²) >= 11 is 0. The van der Waals surface area contributed by atoms with Crippen molar-refractivity contribution in [3.05, 3.63) is 29.8 Å². The Morgan fingerprint density at radius 2 is 1.32 bits per heavy atom. The molecule has 1 N–H and O–H groups in total. The number of ether oxygens (including phenoxy) is 3. The molecule has 0 aliphatic heterocycles. The lowest BCUT2D eigenvalue weighted by atomic mass is 10.1. The number of unbranched alkanes of at least 4 members (excludes halogenated alkanes) is 6. The van der Waals surface area contributed by atoms with Crippen LogP contribution in [0.3, 0.4) is 0 Å². The second-order valence-corrected chi connectivity index (χ2v) is 11.6. The zero-order valence-electron chi connectivity index (χ0n) is 22.7. The molecule has 0 bridgehead atoms. The summed E-state index contributed by atoms with van der Waals surface area (Å²) in [5.41, 5.74) is 0.233. The van der Waals surface area contributed by atoms with Gasteiger partial charge in [0.25, 0.3) is 0 Å². The second-order valence-electron chi connectivity index (χ2n) is 9.38. The lowest BCUT2D eigenvalue weighted by Crippen LogP contribution is -2.19. The van der Waals surface area contributed by atoms with Crippen molar-refractivity contribution in [3.8, 4) is 5.75 Å². The minimum Gasteiger partial charge on any atom is -0.494 e. The van der Waals surface area contributed by atoms with Crippen molar-refractivity contribution in [2.75, 3.05) is 45.0 Å². The van der Waals surface area contributed by atoms with Crippen LogP contribution < -0.4 is 4.74 Å². The zero-order chi connectivity index (χ0) is 28.1. The van der Waals surface area contributed by atoms with Gasteiger partial charge in [-0.05, 0) is 49.9 Å². The van der Waals surface area contributed by atoms with Crippen LogP contribution in [0.25, 0.3) is 0 Å². The Morgan fingerprint density at radius 1 is 0.711 bits per heavy atom. The van der Waals surface area contributed by atoms with Gasteiger partial charge in [-0.3, -0.25) is 9.59 Å². The highest BCUT2D eigenvalue weighted by Crippen LogP contribution is 2.14. The van der Waals surface area contributed by atoms with E-state index in [-0.39, 0.29) is 42.1 Å². The predicted molar refractivity (Wildman–Crippen MR) is 146 cm³/mol. The van der Waals surface area contributed by atoms with Gasteiger partial charge in [0.2, 0.25) is 0 Å². The van der Waals surface area contributed by atoms with Crippen molar-refractivity contribution in [3.63, 3.8) is 0 Å². The number of Topliss-reactive ketones (excluding diaryl/α,β-unsaturated/α-hetero) is 2. The summed E-state index contributed by atoms with van der Waals surface area (Å²) in [6, 6.07) is 6.35. The molecule has 0 fully saturated rings. The van der Waals surface area contributed by atoms with Gasteiger partial charge < -0.3 is 19.3 Å². The lowest BCUT2D eigenvalue weighted by Gasteiger charge is -2.07. The molecule has 9 nitrogen and oxygen atoms in total.